The predicted octanol–water partition coefficient (Wildman–Crippen LogP) is 4.37. The Morgan fingerprint density at radius 1 is 0.444 bits per heavy atom. The smallest absolute Gasteiger partial charge is 0.266 e. The van der Waals surface area contributed by atoms with Crippen molar-refractivity contribution in [1.29, 1.82) is 0 Å². The number of carbonyl (C=O) groups is 4. The lowest BCUT2D eigenvalue weighted by Gasteiger charge is -2.18. The topological polar surface area (TPSA) is 115 Å². The fourth-order valence-electron chi connectivity index (χ4n) is 4.60. The van der Waals surface area contributed by atoms with Gasteiger partial charge in [0.05, 0.1) is 33.6 Å². The van der Waals surface area contributed by atoms with Crippen LogP contribution in [-0.4, -0.2) is 33.8 Å². The molecule has 0 aromatic heterocycles. The first-order chi connectivity index (χ1) is 17.4. The maximum Gasteiger partial charge on any atom is 0.266 e. The van der Waals surface area contributed by atoms with Gasteiger partial charge in [0.15, 0.2) is 0 Å². The first-order valence-electron chi connectivity index (χ1n) is 11.0. The van der Waals surface area contributed by atoms with Gasteiger partial charge < -0.3 is 10.2 Å². The second kappa shape index (κ2) is 7.64. The molecule has 2 N–H and O–H groups in total. The van der Waals surface area contributed by atoms with E-state index in [0.29, 0.717) is 11.1 Å². The van der Waals surface area contributed by atoms with Gasteiger partial charge in [-0.1, -0.05) is 36.4 Å². The molecule has 0 aliphatic carbocycles. The average molecular weight is 476 g/mol. The molecule has 36 heavy (non-hydrogen) atoms. The highest BCUT2D eigenvalue weighted by Gasteiger charge is 2.38. The number of imide groups is 2. The summed E-state index contributed by atoms with van der Waals surface area (Å²) < 4.78 is 0. The predicted molar refractivity (Wildman–Crippen MR) is 130 cm³/mol. The van der Waals surface area contributed by atoms with Gasteiger partial charge in [-0.3, -0.25) is 19.2 Å². The van der Waals surface area contributed by atoms with Crippen molar-refractivity contribution in [2.24, 2.45) is 0 Å². The van der Waals surface area contributed by atoms with Gasteiger partial charge in [-0.25, -0.2) is 9.80 Å². The van der Waals surface area contributed by atoms with Gasteiger partial charge in [0, 0.05) is 0 Å². The molecule has 0 spiro atoms. The fraction of sp³-hybridized carbons (Fsp3) is 0. The third-order valence-electron chi connectivity index (χ3n) is 6.35. The van der Waals surface area contributed by atoms with E-state index in [-0.39, 0.29) is 45.1 Å². The Morgan fingerprint density at radius 2 is 0.750 bits per heavy atom. The largest absolute Gasteiger partial charge is 0.506 e. The van der Waals surface area contributed by atoms with E-state index in [1.165, 1.54) is 24.3 Å². The third kappa shape index (κ3) is 2.94. The molecule has 2 heterocycles. The molecule has 8 heteroatoms. The highest BCUT2D eigenvalue weighted by atomic mass is 16.3. The molecular formula is C28H16N2O6. The van der Waals surface area contributed by atoms with E-state index in [9.17, 15) is 29.4 Å². The SMILES string of the molecule is O=C1c2ccccc2C(=O)N1c1ccc(-c2ccc(N3C(=O)c4ccccc4C3=O)c(O)c2)cc1O. The van der Waals surface area contributed by atoms with Gasteiger partial charge in [0.2, 0.25) is 0 Å². The number of anilines is 2. The fourth-order valence-corrected chi connectivity index (χ4v) is 4.60. The summed E-state index contributed by atoms with van der Waals surface area (Å²) in [5, 5.41) is 21.4. The van der Waals surface area contributed by atoms with Crippen LogP contribution in [0.25, 0.3) is 11.1 Å². The van der Waals surface area contributed by atoms with Crippen LogP contribution in [0.5, 0.6) is 11.5 Å². The van der Waals surface area contributed by atoms with Crippen LogP contribution in [0.2, 0.25) is 0 Å². The maximum atomic E-state index is 12.8. The summed E-state index contributed by atoms with van der Waals surface area (Å²) in [7, 11) is 0. The highest BCUT2D eigenvalue weighted by molar-refractivity contribution is 6.35. The minimum absolute atomic E-state index is 0.0387. The highest BCUT2D eigenvalue weighted by Crippen LogP contribution is 2.40. The second-order valence-corrected chi connectivity index (χ2v) is 8.39. The molecule has 2 aliphatic rings. The molecule has 4 amide bonds. The zero-order valence-electron chi connectivity index (χ0n) is 18.5. The molecule has 0 saturated heterocycles. The molecule has 4 aromatic rings. The number of hydrogen-bond donors (Lipinski definition) is 2. The number of carbonyl (C=O) groups excluding carboxylic acids is 4. The van der Waals surface area contributed by atoms with Crippen LogP contribution in [0, 0.1) is 0 Å². The van der Waals surface area contributed by atoms with Crippen molar-refractivity contribution in [3.63, 3.8) is 0 Å². The van der Waals surface area contributed by atoms with Crippen molar-refractivity contribution in [1.82, 2.24) is 0 Å². The van der Waals surface area contributed by atoms with Crippen molar-refractivity contribution in [3.8, 4) is 22.6 Å². The van der Waals surface area contributed by atoms with Gasteiger partial charge in [0.1, 0.15) is 11.5 Å². The van der Waals surface area contributed by atoms with Crippen LogP contribution < -0.4 is 9.80 Å². The first kappa shape index (κ1) is 21.3. The molecule has 6 rings (SSSR count). The minimum atomic E-state index is -0.526. The Hall–Kier alpha value is -5.24. The molecule has 0 fully saturated rings. The van der Waals surface area contributed by atoms with Gasteiger partial charge in [-0.15, -0.1) is 0 Å². The average Bonchev–Trinajstić information content (AvgIpc) is 3.29. The van der Waals surface area contributed by atoms with E-state index in [2.05, 4.69) is 0 Å². The Labute approximate surface area is 204 Å². The number of phenols is 2. The summed E-state index contributed by atoms with van der Waals surface area (Å²) in [5.74, 6) is -2.71. The van der Waals surface area contributed by atoms with E-state index in [1.54, 1.807) is 60.7 Å². The number of nitrogens with zero attached hydrogens (tertiary/aromatic N) is 2. The van der Waals surface area contributed by atoms with Crippen LogP contribution in [0.15, 0.2) is 84.9 Å². The monoisotopic (exact) mass is 476 g/mol. The van der Waals surface area contributed by atoms with Crippen LogP contribution in [-0.2, 0) is 0 Å². The number of phenolic OH excluding ortho intramolecular Hbond substituents is 2. The normalized spacial score (nSPS) is 14.4. The Balaban J connectivity index is 1.32. The second-order valence-electron chi connectivity index (χ2n) is 8.39. The molecule has 0 atom stereocenters. The Morgan fingerprint density at radius 3 is 1.03 bits per heavy atom. The van der Waals surface area contributed by atoms with Crippen LogP contribution in [0.4, 0.5) is 11.4 Å². The minimum Gasteiger partial charge on any atom is -0.506 e. The summed E-state index contributed by atoms with van der Waals surface area (Å²) in [6, 6.07) is 21.7. The zero-order chi connectivity index (χ0) is 25.1. The van der Waals surface area contributed by atoms with E-state index < -0.39 is 23.6 Å². The quantitative estimate of drug-likeness (QED) is 0.425. The summed E-state index contributed by atoms with van der Waals surface area (Å²) in [4.78, 5) is 52.9. The van der Waals surface area contributed by atoms with Gasteiger partial charge >= 0.3 is 0 Å². The Kier molecular flexibility index (Phi) is 4.52. The molecule has 0 radical (unpaired) electrons. The molecule has 174 valence electrons. The molecule has 2 aliphatic heterocycles. The summed E-state index contributed by atoms with van der Waals surface area (Å²) in [5.41, 5.74) is 2.10. The van der Waals surface area contributed by atoms with Crippen molar-refractivity contribution in [3.05, 3.63) is 107 Å². The number of amides is 4. The van der Waals surface area contributed by atoms with Crippen molar-refractivity contribution in [2.45, 2.75) is 0 Å². The lowest BCUT2D eigenvalue weighted by molar-refractivity contribution is 0.0909. The molecule has 8 nitrogen and oxygen atoms in total. The van der Waals surface area contributed by atoms with Gasteiger partial charge in [0.25, 0.3) is 23.6 Å². The number of aromatic hydroxyl groups is 2. The van der Waals surface area contributed by atoms with Gasteiger partial charge in [-0.2, -0.15) is 0 Å². The van der Waals surface area contributed by atoms with E-state index in [0.717, 1.165) is 9.80 Å². The maximum absolute atomic E-state index is 12.8. The number of fused-ring (bicyclic) bond motifs is 2. The van der Waals surface area contributed by atoms with Crippen LogP contribution in [0.1, 0.15) is 41.4 Å². The third-order valence-corrected chi connectivity index (χ3v) is 6.35. The van der Waals surface area contributed by atoms with E-state index in [1.807, 2.05) is 0 Å². The summed E-state index contributed by atoms with van der Waals surface area (Å²) >= 11 is 0. The molecule has 4 aromatic carbocycles. The molecule has 0 bridgehead atoms. The zero-order valence-corrected chi connectivity index (χ0v) is 18.5. The van der Waals surface area contributed by atoms with Crippen LogP contribution >= 0.6 is 0 Å². The van der Waals surface area contributed by atoms with Crippen molar-refractivity contribution >= 4 is 35.0 Å². The standard InChI is InChI=1S/C28H16N2O6/c31-23-13-15(9-11-21(23)29-25(33)17-5-1-2-6-18(17)26(29)34)16-10-12-22(24(32)14-16)30-27(35)19-7-3-4-8-20(19)28(30)36/h1-14,31-32H. The van der Waals surface area contributed by atoms with E-state index >= 15 is 0 Å². The first-order valence-corrected chi connectivity index (χ1v) is 11.0. The van der Waals surface area contributed by atoms with Crippen molar-refractivity contribution in [2.75, 3.05) is 9.80 Å². The number of rotatable bonds is 3. The van der Waals surface area contributed by atoms with E-state index in [4.69, 9.17) is 0 Å². The lowest BCUT2D eigenvalue weighted by Crippen LogP contribution is -2.29. The molecule has 0 unspecified atom stereocenters. The lowest BCUT2D eigenvalue weighted by atomic mass is 10.0. The number of hydrogen-bond acceptors (Lipinski definition) is 6. The van der Waals surface area contributed by atoms with Crippen LogP contribution in [0.3, 0.4) is 0 Å². The summed E-state index contributed by atoms with van der Waals surface area (Å²) in [6.45, 7) is 0. The summed E-state index contributed by atoms with van der Waals surface area (Å²) in [6.07, 6.45) is 0. The molecule has 0 saturated carbocycles. The van der Waals surface area contributed by atoms with Crippen molar-refractivity contribution < 1.29 is 29.4 Å². The molecular weight excluding hydrogens is 460 g/mol. The number of benzene rings is 4. The van der Waals surface area contributed by atoms with Gasteiger partial charge in [-0.05, 0) is 59.7 Å². The Bertz CT molecular complexity index is 1460.